The standard InChI is InChI=1S/C24H24N4O2.ClH/c1-16-12-26-23(27-13-16)22-14-25-10-11-28(22)24(29)30-15-21-19-8-4-2-6-17(19)18-7-3-5-9-20(18)21;/h2-9,12-13,21-22,25H,10-11,14-15H2,1H3;1H. The van der Waals surface area contributed by atoms with Crippen LogP contribution in [0.15, 0.2) is 60.9 Å². The smallest absolute Gasteiger partial charge is 0.410 e. The van der Waals surface area contributed by atoms with Crippen molar-refractivity contribution >= 4 is 18.5 Å². The van der Waals surface area contributed by atoms with Crippen molar-refractivity contribution in [3.05, 3.63) is 83.4 Å². The Balaban J connectivity index is 0.00000231. The first-order chi connectivity index (χ1) is 14.7. The van der Waals surface area contributed by atoms with Crippen molar-refractivity contribution in [2.45, 2.75) is 18.9 Å². The lowest BCUT2D eigenvalue weighted by Crippen LogP contribution is -2.49. The fourth-order valence-electron chi connectivity index (χ4n) is 4.41. The molecule has 160 valence electrons. The van der Waals surface area contributed by atoms with E-state index in [1.54, 1.807) is 17.3 Å². The number of nitrogens with one attached hydrogen (secondary N) is 1. The molecule has 0 radical (unpaired) electrons. The molecule has 1 amide bonds. The number of benzene rings is 2. The van der Waals surface area contributed by atoms with Crippen LogP contribution in [0.1, 0.15) is 34.5 Å². The molecule has 3 aromatic rings. The summed E-state index contributed by atoms with van der Waals surface area (Å²) >= 11 is 0. The molecule has 7 heteroatoms. The van der Waals surface area contributed by atoms with Crippen LogP contribution >= 0.6 is 12.4 Å². The van der Waals surface area contributed by atoms with Gasteiger partial charge in [0.15, 0.2) is 5.82 Å². The normalized spacial score (nSPS) is 17.5. The third-order valence-electron chi connectivity index (χ3n) is 5.91. The minimum atomic E-state index is -0.312. The van der Waals surface area contributed by atoms with E-state index in [0.29, 0.717) is 25.5 Å². The Morgan fingerprint density at radius 1 is 1.06 bits per heavy atom. The summed E-state index contributed by atoms with van der Waals surface area (Å²) in [6.07, 6.45) is 3.26. The van der Waals surface area contributed by atoms with Crippen molar-refractivity contribution in [3.8, 4) is 11.1 Å². The monoisotopic (exact) mass is 436 g/mol. The molecule has 1 saturated heterocycles. The molecule has 1 atom stereocenters. The molecular weight excluding hydrogens is 412 g/mol. The van der Waals surface area contributed by atoms with Crippen LogP contribution in [0.2, 0.25) is 0 Å². The first-order valence-electron chi connectivity index (χ1n) is 10.3. The molecule has 5 rings (SSSR count). The predicted molar refractivity (Wildman–Crippen MR) is 121 cm³/mol. The highest BCUT2D eigenvalue weighted by molar-refractivity contribution is 5.85. The maximum atomic E-state index is 13.0. The SMILES string of the molecule is Cc1cnc(C2CNCCN2C(=O)OCC2c3ccccc3-c3ccccc32)nc1.Cl. The summed E-state index contributed by atoms with van der Waals surface area (Å²) in [5.41, 5.74) is 5.87. The number of amides is 1. The second kappa shape index (κ2) is 9.04. The molecule has 1 aliphatic heterocycles. The largest absolute Gasteiger partial charge is 0.448 e. The minimum absolute atomic E-state index is 0. The van der Waals surface area contributed by atoms with E-state index in [0.717, 1.165) is 12.1 Å². The van der Waals surface area contributed by atoms with Gasteiger partial charge < -0.3 is 10.1 Å². The summed E-state index contributed by atoms with van der Waals surface area (Å²) in [6.45, 7) is 4.18. The van der Waals surface area contributed by atoms with Gasteiger partial charge in [-0.15, -0.1) is 12.4 Å². The number of aryl methyl sites for hydroxylation is 1. The van der Waals surface area contributed by atoms with Crippen LogP contribution in [0.25, 0.3) is 11.1 Å². The number of hydrogen-bond acceptors (Lipinski definition) is 5. The number of rotatable bonds is 3. The molecule has 0 bridgehead atoms. The van der Waals surface area contributed by atoms with Crippen molar-refractivity contribution in [2.75, 3.05) is 26.2 Å². The van der Waals surface area contributed by atoms with E-state index < -0.39 is 0 Å². The predicted octanol–water partition coefficient (Wildman–Crippen LogP) is 4.10. The lowest BCUT2D eigenvalue weighted by atomic mass is 9.98. The second-order valence-corrected chi connectivity index (χ2v) is 7.84. The van der Waals surface area contributed by atoms with Gasteiger partial charge in [0.25, 0.3) is 0 Å². The molecule has 31 heavy (non-hydrogen) atoms. The number of carbonyl (C=O) groups excluding carboxylic acids is 1. The summed E-state index contributed by atoms with van der Waals surface area (Å²) in [7, 11) is 0. The van der Waals surface area contributed by atoms with E-state index in [2.05, 4.69) is 51.7 Å². The van der Waals surface area contributed by atoms with Crippen LogP contribution in [0, 0.1) is 6.92 Å². The van der Waals surface area contributed by atoms with Crippen LogP contribution in [-0.4, -0.2) is 47.2 Å². The van der Waals surface area contributed by atoms with Gasteiger partial charge in [0.05, 0.1) is 0 Å². The van der Waals surface area contributed by atoms with Gasteiger partial charge in [0.2, 0.25) is 0 Å². The van der Waals surface area contributed by atoms with Gasteiger partial charge in [-0.25, -0.2) is 14.8 Å². The average molecular weight is 437 g/mol. The van der Waals surface area contributed by atoms with Crippen LogP contribution < -0.4 is 5.32 Å². The third kappa shape index (κ3) is 4.01. The van der Waals surface area contributed by atoms with Gasteiger partial charge in [0, 0.05) is 37.9 Å². The van der Waals surface area contributed by atoms with E-state index in [4.69, 9.17) is 4.74 Å². The van der Waals surface area contributed by atoms with Crippen molar-refractivity contribution < 1.29 is 9.53 Å². The summed E-state index contributed by atoms with van der Waals surface area (Å²) in [5, 5.41) is 3.33. The molecule has 0 saturated carbocycles. The molecule has 1 unspecified atom stereocenters. The zero-order valence-electron chi connectivity index (χ0n) is 17.3. The first-order valence-corrected chi connectivity index (χ1v) is 10.3. The van der Waals surface area contributed by atoms with Crippen LogP contribution in [0.3, 0.4) is 0 Å². The van der Waals surface area contributed by atoms with E-state index in [-0.39, 0.29) is 30.5 Å². The fraction of sp³-hybridized carbons (Fsp3) is 0.292. The van der Waals surface area contributed by atoms with Crippen molar-refractivity contribution in [3.63, 3.8) is 0 Å². The van der Waals surface area contributed by atoms with Crippen molar-refractivity contribution in [2.24, 2.45) is 0 Å². The van der Waals surface area contributed by atoms with Gasteiger partial charge in [-0.1, -0.05) is 48.5 Å². The molecule has 0 spiro atoms. The molecule has 2 aromatic carbocycles. The molecule has 1 aromatic heterocycles. The number of hydrogen-bond donors (Lipinski definition) is 1. The molecule has 2 heterocycles. The average Bonchev–Trinajstić information content (AvgIpc) is 3.12. The van der Waals surface area contributed by atoms with E-state index >= 15 is 0 Å². The van der Waals surface area contributed by atoms with Gasteiger partial charge in [-0.3, -0.25) is 4.90 Å². The van der Waals surface area contributed by atoms with Crippen molar-refractivity contribution in [1.82, 2.24) is 20.2 Å². The number of fused-ring (bicyclic) bond motifs is 3. The summed E-state index contributed by atoms with van der Waals surface area (Å²) < 4.78 is 5.86. The van der Waals surface area contributed by atoms with Crippen LogP contribution in [0.5, 0.6) is 0 Å². The lowest BCUT2D eigenvalue weighted by molar-refractivity contribution is 0.0733. The molecule has 2 aliphatic rings. The zero-order valence-corrected chi connectivity index (χ0v) is 18.1. The maximum absolute atomic E-state index is 13.0. The number of ether oxygens (including phenoxy) is 1. The topological polar surface area (TPSA) is 67.4 Å². The van der Waals surface area contributed by atoms with E-state index in [1.165, 1.54) is 22.3 Å². The quantitative estimate of drug-likeness (QED) is 0.669. The molecule has 1 N–H and O–H groups in total. The third-order valence-corrected chi connectivity index (χ3v) is 5.91. The zero-order chi connectivity index (χ0) is 20.5. The maximum Gasteiger partial charge on any atom is 0.410 e. The Labute approximate surface area is 188 Å². The molecule has 1 fully saturated rings. The number of halogens is 1. The van der Waals surface area contributed by atoms with Gasteiger partial charge in [-0.05, 0) is 34.7 Å². The van der Waals surface area contributed by atoms with E-state index in [1.807, 2.05) is 19.1 Å². The highest BCUT2D eigenvalue weighted by Gasteiger charge is 2.33. The summed E-state index contributed by atoms with van der Waals surface area (Å²) in [5.74, 6) is 0.694. The number of nitrogens with zero attached hydrogens (tertiary/aromatic N) is 3. The molecular formula is C24H25ClN4O2. The minimum Gasteiger partial charge on any atom is -0.448 e. The Hall–Kier alpha value is -2.96. The summed E-state index contributed by atoms with van der Waals surface area (Å²) in [4.78, 5) is 23.7. The van der Waals surface area contributed by atoms with Gasteiger partial charge in [-0.2, -0.15) is 0 Å². The Bertz CT molecular complexity index is 1030. The first kappa shape index (κ1) is 21.3. The molecule has 1 aliphatic carbocycles. The van der Waals surface area contributed by atoms with Crippen LogP contribution in [-0.2, 0) is 4.74 Å². The Morgan fingerprint density at radius 2 is 1.68 bits per heavy atom. The number of piperazine rings is 1. The van der Waals surface area contributed by atoms with Crippen molar-refractivity contribution in [1.29, 1.82) is 0 Å². The lowest BCUT2D eigenvalue weighted by Gasteiger charge is -2.34. The summed E-state index contributed by atoms with van der Waals surface area (Å²) in [6, 6.07) is 16.5. The second-order valence-electron chi connectivity index (χ2n) is 7.84. The fourth-order valence-corrected chi connectivity index (χ4v) is 4.41. The number of carbonyl (C=O) groups is 1. The highest BCUT2D eigenvalue weighted by Crippen LogP contribution is 2.44. The highest BCUT2D eigenvalue weighted by atomic mass is 35.5. The Morgan fingerprint density at radius 3 is 2.32 bits per heavy atom. The Kier molecular flexibility index (Phi) is 6.20. The molecule has 6 nitrogen and oxygen atoms in total. The van der Waals surface area contributed by atoms with Crippen LogP contribution in [0.4, 0.5) is 4.79 Å². The van der Waals surface area contributed by atoms with Gasteiger partial charge in [0.1, 0.15) is 12.6 Å². The van der Waals surface area contributed by atoms with Gasteiger partial charge >= 0.3 is 6.09 Å². The van der Waals surface area contributed by atoms with E-state index in [9.17, 15) is 4.79 Å². The number of aromatic nitrogens is 2.